The van der Waals surface area contributed by atoms with Gasteiger partial charge in [-0.05, 0) is 49.8 Å². The number of carbonyl (C=O) groups excluding carboxylic acids is 1. The lowest BCUT2D eigenvalue weighted by atomic mass is 10.0. The first kappa shape index (κ1) is 19.6. The molecule has 0 amide bonds. The molecule has 6 nitrogen and oxygen atoms in total. The Bertz CT molecular complexity index is 1280. The van der Waals surface area contributed by atoms with E-state index in [1.807, 2.05) is 30.3 Å². The third kappa shape index (κ3) is 3.65. The van der Waals surface area contributed by atoms with E-state index >= 15 is 0 Å². The number of halogens is 1. The second-order valence-corrected chi connectivity index (χ2v) is 8.30. The minimum atomic E-state index is -0.718. The number of furan rings is 1. The van der Waals surface area contributed by atoms with Crippen molar-refractivity contribution in [2.45, 2.75) is 19.9 Å². The lowest BCUT2D eigenvalue weighted by Crippen LogP contribution is -2.39. The summed E-state index contributed by atoms with van der Waals surface area (Å²) in [7, 11) is 0. The average Bonchev–Trinajstić information content (AvgIpc) is 3.30. The number of esters is 1. The maximum absolute atomic E-state index is 13.3. The molecule has 0 radical (unpaired) electrons. The fourth-order valence-electron chi connectivity index (χ4n) is 3.26. The molecule has 1 aliphatic rings. The smallest absolute Gasteiger partial charge is 0.338 e. The summed E-state index contributed by atoms with van der Waals surface area (Å²) in [4.78, 5) is 31.0. The number of hydrogen-bond donors (Lipinski definition) is 0. The van der Waals surface area contributed by atoms with Crippen molar-refractivity contribution in [3.8, 4) is 0 Å². The molecule has 2 aromatic heterocycles. The molecule has 1 aliphatic heterocycles. The molecule has 0 unspecified atom stereocenters. The fraction of sp³-hybridized carbons (Fsp3) is 0.190. The van der Waals surface area contributed by atoms with Gasteiger partial charge < -0.3 is 9.15 Å². The summed E-state index contributed by atoms with van der Waals surface area (Å²) in [5.74, 6) is -0.0196. The highest BCUT2D eigenvalue weighted by molar-refractivity contribution is 9.10. The van der Waals surface area contributed by atoms with Gasteiger partial charge in [0.2, 0.25) is 0 Å². The Morgan fingerprint density at radius 1 is 1.38 bits per heavy atom. The third-order valence-corrected chi connectivity index (χ3v) is 5.95. The Morgan fingerprint density at radius 2 is 2.21 bits per heavy atom. The van der Waals surface area contributed by atoms with Gasteiger partial charge in [0.25, 0.3) is 5.56 Å². The van der Waals surface area contributed by atoms with E-state index < -0.39 is 12.0 Å². The highest BCUT2D eigenvalue weighted by Crippen LogP contribution is 2.30. The van der Waals surface area contributed by atoms with E-state index in [2.05, 4.69) is 20.9 Å². The van der Waals surface area contributed by atoms with Crippen LogP contribution < -0.4 is 14.9 Å². The maximum Gasteiger partial charge on any atom is 0.338 e. The number of aromatic nitrogens is 1. The van der Waals surface area contributed by atoms with E-state index in [0.29, 0.717) is 26.4 Å². The summed E-state index contributed by atoms with van der Waals surface area (Å²) >= 11 is 4.72. The number of thiazole rings is 1. The molecule has 0 saturated carbocycles. The van der Waals surface area contributed by atoms with Gasteiger partial charge in [-0.2, -0.15) is 0 Å². The standard InChI is InChI=1S/C21H17BrN2O4S/c1-3-27-20(26)17-12(2)23-21-24(18(17)15-8-5-9-28-15)19(25)16(29-21)11-13-6-4-7-14(22)10-13/h4-11,18H,3H2,1-2H3/b16-11+/t18-/m0/s1. The van der Waals surface area contributed by atoms with Crippen LogP contribution in [-0.4, -0.2) is 17.1 Å². The molecule has 1 atom stereocenters. The van der Waals surface area contributed by atoms with Gasteiger partial charge in [0, 0.05) is 4.47 Å². The molecule has 0 saturated heterocycles. The molecular weight excluding hydrogens is 456 g/mol. The molecule has 0 spiro atoms. The van der Waals surface area contributed by atoms with Crippen molar-refractivity contribution in [3.05, 3.63) is 89.4 Å². The zero-order chi connectivity index (χ0) is 20.5. The van der Waals surface area contributed by atoms with Gasteiger partial charge in [0.1, 0.15) is 11.8 Å². The number of rotatable bonds is 4. The van der Waals surface area contributed by atoms with Crippen LogP contribution in [0.2, 0.25) is 0 Å². The molecule has 1 aromatic carbocycles. The average molecular weight is 473 g/mol. The van der Waals surface area contributed by atoms with E-state index in [-0.39, 0.29) is 12.2 Å². The van der Waals surface area contributed by atoms with E-state index in [9.17, 15) is 9.59 Å². The number of carbonyl (C=O) groups is 1. The zero-order valence-electron chi connectivity index (χ0n) is 15.7. The highest BCUT2D eigenvalue weighted by Gasteiger charge is 2.34. The number of ether oxygens (including phenoxy) is 1. The number of benzene rings is 1. The van der Waals surface area contributed by atoms with Gasteiger partial charge in [0.05, 0.1) is 28.7 Å². The number of hydrogen-bond acceptors (Lipinski definition) is 6. The van der Waals surface area contributed by atoms with Gasteiger partial charge in [-0.3, -0.25) is 9.36 Å². The Morgan fingerprint density at radius 3 is 2.90 bits per heavy atom. The SMILES string of the molecule is CCOC(=O)C1=C(C)N=c2s/c(=C/c3cccc(Br)c3)c(=O)n2[C@H]1c1ccco1. The predicted octanol–water partition coefficient (Wildman–Crippen LogP) is 3.15. The molecule has 0 aliphatic carbocycles. The van der Waals surface area contributed by atoms with Crippen LogP contribution in [0.15, 0.2) is 72.6 Å². The van der Waals surface area contributed by atoms with Crippen molar-refractivity contribution in [2.24, 2.45) is 4.99 Å². The maximum atomic E-state index is 13.3. The van der Waals surface area contributed by atoms with Crippen molar-refractivity contribution in [2.75, 3.05) is 6.61 Å². The van der Waals surface area contributed by atoms with Crippen LogP contribution in [0.3, 0.4) is 0 Å². The number of nitrogens with zero attached hydrogens (tertiary/aromatic N) is 2. The molecule has 3 aromatic rings. The van der Waals surface area contributed by atoms with Crippen LogP contribution in [0.25, 0.3) is 6.08 Å². The molecule has 8 heteroatoms. The molecule has 0 bridgehead atoms. The van der Waals surface area contributed by atoms with Crippen molar-refractivity contribution < 1.29 is 13.9 Å². The monoisotopic (exact) mass is 472 g/mol. The summed E-state index contributed by atoms with van der Waals surface area (Å²) in [6, 6.07) is 10.4. The van der Waals surface area contributed by atoms with Gasteiger partial charge in [-0.15, -0.1) is 0 Å². The summed E-state index contributed by atoms with van der Waals surface area (Å²) in [6.45, 7) is 3.71. The Balaban J connectivity index is 1.94. The van der Waals surface area contributed by atoms with E-state index in [1.54, 1.807) is 26.0 Å². The molecule has 29 heavy (non-hydrogen) atoms. The van der Waals surface area contributed by atoms with Gasteiger partial charge >= 0.3 is 5.97 Å². The molecular formula is C21H17BrN2O4S. The highest BCUT2D eigenvalue weighted by atomic mass is 79.9. The zero-order valence-corrected chi connectivity index (χ0v) is 18.1. The van der Waals surface area contributed by atoms with Gasteiger partial charge in [0.15, 0.2) is 4.80 Å². The first-order chi connectivity index (χ1) is 14.0. The largest absolute Gasteiger partial charge is 0.467 e. The quantitative estimate of drug-likeness (QED) is 0.546. The van der Waals surface area contributed by atoms with Crippen LogP contribution in [0.4, 0.5) is 0 Å². The molecule has 148 valence electrons. The minimum Gasteiger partial charge on any atom is -0.467 e. The van der Waals surface area contributed by atoms with Crippen molar-refractivity contribution in [3.63, 3.8) is 0 Å². The summed E-state index contributed by atoms with van der Waals surface area (Å²) in [5.41, 5.74) is 1.48. The third-order valence-electron chi connectivity index (χ3n) is 4.48. The van der Waals surface area contributed by atoms with Crippen molar-refractivity contribution >= 4 is 39.3 Å². The van der Waals surface area contributed by atoms with Crippen LogP contribution in [0.1, 0.15) is 31.2 Å². The first-order valence-corrected chi connectivity index (χ1v) is 10.6. The lowest BCUT2D eigenvalue weighted by molar-refractivity contribution is -0.139. The topological polar surface area (TPSA) is 73.8 Å². The summed E-state index contributed by atoms with van der Waals surface area (Å²) in [6.07, 6.45) is 3.34. The first-order valence-electron chi connectivity index (χ1n) is 8.98. The Hall–Kier alpha value is -2.71. The second-order valence-electron chi connectivity index (χ2n) is 6.37. The second kappa shape index (κ2) is 7.96. The van der Waals surface area contributed by atoms with Gasteiger partial charge in [-0.25, -0.2) is 9.79 Å². The van der Waals surface area contributed by atoms with Crippen molar-refractivity contribution in [1.29, 1.82) is 0 Å². The van der Waals surface area contributed by atoms with E-state index in [1.165, 1.54) is 22.2 Å². The van der Waals surface area contributed by atoms with E-state index in [4.69, 9.17) is 9.15 Å². The van der Waals surface area contributed by atoms with Crippen LogP contribution in [-0.2, 0) is 9.53 Å². The molecule has 4 rings (SSSR count). The predicted molar refractivity (Wildman–Crippen MR) is 113 cm³/mol. The summed E-state index contributed by atoms with van der Waals surface area (Å²) < 4.78 is 13.8. The Labute approximate surface area is 178 Å². The molecule has 0 fully saturated rings. The Kier molecular flexibility index (Phi) is 5.38. The van der Waals surface area contributed by atoms with Crippen LogP contribution in [0, 0.1) is 0 Å². The molecule has 0 N–H and O–H groups in total. The lowest BCUT2D eigenvalue weighted by Gasteiger charge is -2.22. The normalized spacial score (nSPS) is 16.5. The number of fused-ring (bicyclic) bond motifs is 1. The van der Waals surface area contributed by atoms with Crippen molar-refractivity contribution in [1.82, 2.24) is 4.57 Å². The fourth-order valence-corrected chi connectivity index (χ4v) is 4.72. The summed E-state index contributed by atoms with van der Waals surface area (Å²) in [5, 5.41) is 0. The molecule has 3 heterocycles. The van der Waals surface area contributed by atoms with E-state index in [0.717, 1.165) is 10.0 Å². The van der Waals surface area contributed by atoms with Crippen LogP contribution >= 0.6 is 27.3 Å². The minimum absolute atomic E-state index is 0.230. The van der Waals surface area contributed by atoms with Crippen LogP contribution in [0.5, 0.6) is 0 Å². The van der Waals surface area contributed by atoms with Gasteiger partial charge in [-0.1, -0.05) is 39.4 Å². The number of allylic oxidation sites excluding steroid dienone is 1.